The van der Waals surface area contributed by atoms with Gasteiger partial charge in [0.15, 0.2) is 0 Å². The highest BCUT2D eigenvalue weighted by atomic mass is 79.9. The molecule has 0 fully saturated rings. The smallest absolute Gasteiger partial charge is 0.138 e. The van der Waals surface area contributed by atoms with Crippen LogP contribution in [0.5, 0.6) is 0 Å². The molecule has 5 nitrogen and oxygen atoms in total. The fraction of sp³-hybridized carbons (Fsp3) is 0.375. The summed E-state index contributed by atoms with van der Waals surface area (Å²) in [5.74, 6) is 1.24. The number of halogens is 1. The van der Waals surface area contributed by atoms with Crippen molar-refractivity contribution in [1.82, 2.24) is 24.8 Å². The molecule has 3 aromatic heterocycles. The molecular formula is C16H18BrN5. The summed E-state index contributed by atoms with van der Waals surface area (Å²) in [7, 11) is 0. The number of aryl methyl sites for hydroxylation is 2. The average molecular weight is 360 g/mol. The summed E-state index contributed by atoms with van der Waals surface area (Å²) < 4.78 is 3.35. The SMILES string of the molecule is Brc1c[nH]c2ncc(CNCc3cn4c(n3)CCCC4)cc12. The van der Waals surface area contributed by atoms with Crippen LogP contribution >= 0.6 is 15.9 Å². The molecule has 1 aliphatic rings. The minimum Gasteiger partial charge on any atom is -0.345 e. The summed E-state index contributed by atoms with van der Waals surface area (Å²) in [6, 6.07) is 2.16. The van der Waals surface area contributed by atoms with Gasteiger partial charge in [-0.15, -0.1) is 0 Å². The highest BCUT2D eigenvalue weighted by Gasteiger charge is 2.11. The van der Waals surface area contributed by atoms with Gasteiger partial charge in [0.25, 0.3) is 0 Å². The van der Waals surface area contributed by atoms with Crippen molar-refractivity contribution in [2.24, 2.45) is 0 Å². The number of H-pyrrole nitrogens is 1. The summed E-state index contributed by atoms with van der Waals surface area (Å²) >= 11 is 3.53. The van der Waals surface area contributed by atoms with Crippen molar-refractivity contribution < 1.29 is 0 Å². The van der Waals surface area contributed by atoms with Gasteiger partial charge in [-0.05, 0) is 40.4 Å². The first-order valence-electron chi connectivity index (χ1n) is 7.67. The Morgan fingerprint density at radius 3 is 3.18 bits per heavy atom. The Morgan fingerprint density at radius 2 is 2.27 bits per heavy atom. The Hall–Kier alpha value is -1.66. The fourth-order valence-corrected chi connectivity index (χ4v) is 3.42. The van der Waals surface area contributed by atoms with E-state index in [1.165, 1.54) is 24.2 Å². The van der Waals surface area contributed by atoms with Gasteiger partial charge >= 0.3 is 0 Å². The van der Waals surface area contributed by atoms with E-state index < -0.39 is 0 Å². The van der Waals surface area contributed by atoms with E-state index in [0.717, 1.165) is 47.3 Å². The first kappa shape index (κ1) is 14.0. The lowest BCUT2D eigenvalue weighted by Gasteiger charge is -2.11. The number of fused-ring (bicyclic) bond motifs is 2. The third kappa shape index (κ3) is 2.68. The topological polar surface area (TPSA) is 58.5 Å². The van der Waals surface area contributed by atoms with E-state index in [-0.39, 0.29) is 0 Å². The van der Waals surface area contributed by atoms with E-state index in [9.17, 15) is 0 Å². The Balaban J connectivity index is 1.41. The molecular weight excluding hydrogens is 342 g/mol. The molecule has 0 saturated heterocycles. The monoisotopic (exact) mass is 359 g/mol. The first-order valence-corrected chi connectivity index (χ1v) is 8.46. The first-order chi connectivity index (χ1) is 10.8. The average Bonchev–Trinajstić information content (AvgIpc) is 3.11. The normalized spacial score (nSPS) is 14.4. The molecule has 4 rings (SSSR count). The van der Waals surface area contributed by atoms with Gasteiger partial charge in [0.1, 0.15) is 11.5 Å². The number of rotatable bonds is 4. The molecule has 0 atom stereocenters. The summed E-state index contributed by atoms with van der Waals surface area (Å²) in [4.78, 5) is 12.3. The highest BCUT2D eigenvalue weighted by Crippen LogP contribution is 2.22. The molecule has 0 saturated carbocycles. The van der Waals surface area contributed by atoms with Crippen molar-refractivity contribution in [3.05, 3.63) is 46.2 Å². The van der Waals surface area contributed by atoms with Crippen molar-refractivity contribution >= 4 is 27.0 Å². The maximum atomic E-state index is 4.71. The van der Waals surface area contributed by atoms with Crippen LogP contribution in [0.4, 0.5) is 0 Å². The van der Waals surface area contributed by atoms with Crippen LogP contribution in [-0.4, -0.2) is 19.5 Å². The quantitative estimate of drug-likeness (QED) is 0.752. The second-order valence-corrected chi connectivity index (χ2v) is 6.63. The summed E-state index contributed by atoms with van der Waals surface area (Å²) in [6.45, 7) is 2.71. The number of aromatic nitrogens is 4. The van der Waals surface area contributed by atoms with E-state index in [1.54, 1.807) is 0 Å². The van der Waals surface area contributed by atoms with Gasteiger partial charge in [0.2, 0.25) is 0 Å². The van der Waals surface area contributed by atoms with E-state index in [1.807, 2.05) is 12.4 Å². The molecule has 6 heteroatoms. The number of hydrogen-bond donors (Lipinski definition) is 2. The van der Waals surface area contributed by atoms with E-state index in [4.69, 9.17) is 4.98 Å². The molecule has 22 heavy (non-hydrogen) atoms. The van der Waals surface area contributed by atoms with Gasteiger partial charge in [0.05, 0.1) is 5.69 Å². The molecule has 114 valence electrons. The molecule has 0 unspecified atom stereocenters. The minimum atomic E-state index is 0.794. The lowest BCUT2D eigenvalue weighted by Crippen LogP contribution is -2.13. The lowest BCUT2D eigenvalue weighted by molar-refractivity contribution is 0.522. The minimum absolute atomic E-state index is 0.794. The van der Waals surface area contributed by atoms with Crippen molar-refractivity contribution in [3.63, 3.8) is 0 Å². The molecule has 0 amide bonds. The molecule has 2 N–H and O–H groups in total. The van der Waals surface area contributed by atoms with Crippen LogP contribution in [0, 0.1) is 0 Å². The predicted molar refractivity (Wildman–Crippen MR) is 89.5 cm³/mol. The van der Waals surface area contributed by atoms with Crippen LogP contribution in [0.2, 0.25) is 0 Å². The third-order valence-corrected chi connectivity index (χ3v) is 4.79. The summed E-state index contributed by atoms with van der Waals surface area (Å²) in [6.07, 6.45) is 9.67. The van der Waals surface area contributed by atoms with Crippen LogP contribution in [0.1, 0.15) is 29.9 Å². The van der Waals surface area contributed by atoms with Crippen LogP contribution in [0.25, 0.3) is 11.0 Å². The van der Waals surface area contributed by atoms with Crippen LogP contribution in [-0.2, 0) is 26.1 Å². The third-order valence-electron chi connectivity index (χ3n) is 4.13. The summed E-state index contributed by atoms with van der Waals surface area (Å²) in [5, 5.41) is 4.58. The van der Waals surface area contributed by atoms with E-state index >= 15 is 0 Å². The van der Waals surface area contributed by atoms with Gasteiger partial charge in [-0.1, -0.05) is 0 Å². The maximum absolute atomic E-state index is 4.71. The lowest BCUT2D eigenvalue weighted by atomic mass is 10.2. The Bertz CT molecular complexity index is 781. The number of nitrogens with one attached hydrogen (secondary N) is 2. The molecule has 1 aliphatic heterocycles. The van der Waals surface area contributed by atoms with Crippen LogP contribution in [0.15, 0.2) is 29.1 Å². The van der Waals surface area contributed by atoms with Gasteiger partial charge in [0, 0.05) is 54.5 Å². The Morgan fingerprint density at radius 1 is 1.32 bits per heavy atom. The van der Waals surface area contributed by atoms with Crippen molar-refractivity contribution in [3.8, 4) is 0 Å². The Labute approximate surface area is 137 Å². The van der Waals surface area contributed by atoms with Crippen molar-refractivity contribution in [2.45, 2.75) is 38.9 Å². The maximum Gasteiger partial charge on any atom is 0.138 e. The Kier molecular flexibility index (Phi) is 3.72. The highest BCUT2D eigenvalue weighted by molar-refractivity contribution is 9.10. The van der Waals surface area contributed by atoms with E-state index in [0.29, 0.717) is 0 Å². The summed E-state index contributed by atoms with van der Waals surface area (Å²) in [5.41, 5.74) is 3.22. The zero-order valence-electron chi connectivity index (χ0n) is 12.3. The zero-order chi connectivity index (χ0) is 14.9. The molecule has 0 aliphatic carbocycles. The van der Waals surface area contributed by atoms with Crippen molar-refractivity contribution in [1.29, 1.82) is 0 Å². The number of aromatic amines is 1. The van der Waals surface area contributed by atoms with Crippen molar-refractivity contribution in [2.75, 3.05) is 0 Å². The fourth-order valence-electron chi connectivity index (χ4n) is 3.00. The van der Waals surface area contributed by atoms with Crippen LogP contribution < -0.4 is 5.32 Å². The predicted octanol–water partition coefficient (Wildman–Crippen LogP) is 3.15. The molecule has 0 radical (unpaired) electrons. The number of pyridine rings is 1. The zero-order valence-corrected chi connectivity index (χ0v) is 13.9. The molecule has 4 heterocycles. The molecule has 0 aromatic carbocycles. The largest absolute Gasteiger partial charge is 0.345 e. The second-order valence-electron chi connectivity index (χ2n) is 5.78. The van der Waals surface area contributed by atoms with Gasteiger partial charge in [-0.3, -0.25) is 0 Å². The second kappa shape index (κ2) is 5.85. The van der Waals surface area contributed by atoms with E-state index in [2.05, 4.69) is 48.0 Å². The van der Waals surface area contributed by atoms with Crippen LogP contribution in [0.3, 0.4) is 0 Å². The van der Waals surface area contributed by atoms with Gasteiger partial charge < -0.3 is 14.9 Å². The number of imidazole rings is 1. The molecule has 0 bridgehead atoms. The standard InChI is InChI=1S/C16H18BrN5/c17-14-9-20-16-13(14)5-11(7-19-16)6-18-8-12-10-22-4-2-1-3-15(22)21-12/h5,7,9-10,18H,1-4,6,8H2,(H,19,20). The number of hydrogen-bond acceptors (Lipinski definition) is 3. The number of nitrogens with zero attached hydrogens (tertiary/aromatic N) is 3. The molecule has 3 aromatic rings. The van der Waals surface area contributed by atoms with Gasteiger partial charge in [-0.2, -0.15) is 0 Å². The van der Waals surface area contributed by atoms with Gasteiger partial charge in [-0.25, -0.2) is 9.97 Å². The molecule has 0 spiro atoms.